The van der Waals surface area contributed by atoms with E-state index in [0.717, 1.165) is 84.8 Å². The number of ketones is 2. The topological polar surface area (TPSA) is 91.5 Å². The summed E-state index contributed by atoms with van der Waals surface area (Å²) in [6, 6.07) is 12.8. The van der Waals surface area contributed by atoms with E-state index in [1.54, 1.807) is 6.07 Å². The number of aromatic nitrogens is 4. The number of fused-ring (bicyclic) bond motifs is 10. The molecule has 0 radical (unpaired) electrons. The monoisotopic (exact) mass is 574 g/mol. The number of aryl methyl sites for hydroxylation is 2. The average Bonchev–Trinajstić information content (AvgIpc) is 3.47. The molecule has 0 amide bonds. The number of para-hydroxylation sites is 1. The summed E-state index contributed by atoms with van der Waals surface area (Å²) in [6.07, 6.45) is 2.73. The van der Waals surface area contributed by atoms with Crippen molar-refractivity contribution in [2.45, 2.75) is 67.2 Å². The van der Waals surface area contributed by atoms with Crippen LogP contribution in [0.5, 0.6) is 0 Å². The molecule has 0 atom stereocenters. The third kappa shape index (κ3) is 4.44. The van der Waals surface area contributed by atoms with Crippen LogP contribution in [0.3, 0.4) is 0 Å². The van der Waals surface area contributed by atoms with Gasteiger partial charge in [0.2, 0.25) is 0 Å². The molecule has 8 rings (SSSR count). The van der Waals surface area contributed by atoms with Gasteiger partial charge in [-0.2, -0.15) is 0 Å². The number of aromatic amines is 2. The van der Waals surface area contributed by atoms with Crippen LogP contribution >= 0.6 is 0 Å². The van der Waals surface area contributed by atoms with Gasteiger partial charge in [0.15, 0.2) is 11.6 Å². The Morgan fingerprint density at radius 3 is 1.72 bits per heavy atom. The quantitative estimate of drug-likeness (QED) is 0.190. The number of benzene rings is 2. The molecular weight excluding hydrogens is 539 g/mol. The van der Waals surface area contributed by atoms with Crippen LogP contribution in [0.1, 0.15) is 84.0 Å². The van der Waals surface area contributed by atoms with Gasteiger partial charge in [-0.05, 0) is 61.8 Å². The number of carbonyl (C=O) groups excluding carboxylic acids is 2. The van der Waals surface area contributed by atoms with Crippen LogP contribution in [0.4, 0.5) is 4.39 Å². The van der Waals surface area contributed by atoms with Gasteiger partial charge in [0.05, 0.1) is 33.8 Å². The second kappa shape index (κ2) is 9.30. The molecule has 218 valence electrons. The number of Topliss-reactive ketones (excluding diaryl/α,β-unsaturated/α-hetero) is 2. The average molecular weight is 575 g/mol. The first-order valence-electron chi connectivity index (χ1n) is 14.9. The molecule has 0 saturated heterocycles. The fraction of sp³-hybridized carbons (Fsp3) is 0.333. The maximum absolute atomic E-state index is 13.7. The zero-order valence-corrected chi connectivity index (χ0v) is 25.5. The number of hydrogen-bond acceptors (Lipinski definition) is 4. The van der Waals surface area contributed by atoms with Crippen molar-refractivity contribution in [3.63, 3.8) is 0 Å². The second-order valence-corrected chi connectivity index (χ2v) is 13.9. The molecule has 2 N–H and O–H groups in total. The molecule has 0 aliphatic heterocycles. The number of nitrogens with one attached hydrogen (secondary N) is 2. The highest BCUT2D eigenvalue weighted by Gasteiger charge is 2.35. The Bertz CT molecular complexity index is 2170. The van der Waals surface area contributed by atoms with Crippen molar-refractivity contribution in [1.29, 1.82) is 0 Å². The van der Waals surface area contributed by atoms with Crippen LogP contribution in [0.25, 0.3) is 43.6 Å². The third-order valence-electron chi connectivity index (χ3n) is 9.00. The normalized spacial score (nSPS) is 17.3. The van der Waals surface area contributed by atoms with Crippen LogP contribution in [0.2, 0.25) is 0 Å². The lowest BCUT2D eigenvalue weighted by molar-refractivity contribution is 0.0903. The number of carbonyl (C=O) groups is 2. The lowest BCUT2D eigenvalue weighted by atomic mass is 9.74. The van der Waals surface area contributed by atoms with Gasteiger partial charge in [-0.15, -0.1) is 0 Å². The molecule has 7 heteroatoms. The van der Waals surface area contributed by atoms with E-state index in [2.05, 4.69) is 54.8 Å². The molecular formula is C36H35FN4O2. The molecule has 0 bridgehead atoms. The number of rotatable bonds is 0. The van der Waals surface area contributed by atoms with Gasteiger partial charge in [-0.25, -0.2) is 4.39 Å². The number of pyridine rings is 2. The Labute approximate surface area is 249 Å². The molecule has 6 aromatic rings. The summed E-state index contributed by atoms with van der Waals surface area (Å²) in [6.45, 7) is 12.4. The summed E-state index contributed by atoms with van der Waals surface area (Å²) in [5.41, 5.74) is 8.84. The summed E-state index contributed by atoms with van der Waals surface area (Å²) < 4.78 is 13.7. The van der Waals surface area contributed by atoms with Crippen LogP contribution in [-0.2, 0) is 12.8 Å². The second-order valence-electron chi connectivity index (χ2n) is 13.9. The van der Waals surface area contributed by atoms with Crippen molar-refractivity contribution in [3.05, 3.63) is 82.2 Å². The van der Waals surface area contributed by atoms with Crippen LogP contribution in [0.15, 0.2) is 42.5 Å². The van der Waals surface area contributed by atoms with Gasteiger partial charge < -0.3 is 9.97 Å². The molecule has 2 aliphatic rings. The molecule has 4 heterocycles. The highest BCUT2D eigenvalue weighted by Crippen LogP contribution is 2.41. The van der Waals surface area contributed by atoms with E-state index in [0.29, 0.717) is 18.4 Å². The Morgan fingerprint density at radius 2 is 1.16 bits per heavy atom. The maximum atomic E-state index is 13.7. The summed E-state index contributed by atoms with van der Waals surface area (Å²) >= 11 is 0. The minimum Gasteiger partial charge on any atom is -0.353 e. The molecule has 0 fully saturated rings. The first kappa shape index (κ1) is 27.4. The molecule has 6 nitrogen and oxygen atoms in total. The van der Waals surface area contributed by atoms with Crippen LogP contribution < -0.4 is 0 Å². The van der Waals surface area contributed by atoms with Gasteiger partial charge in [-0.1, -0.05) is 45.9 Å². The van der Waals surface area contributed by atoms with Crippen molar-refractivity contribution in [2.75, 3.05) is 0 Å². The number of H-pyrrole nitrogens is 2. The third-order valence-corrected chi connectivity index (χ3v) is 9.00. The summed E-state index contributed by atoms with van der Waals surface area (Å²) in [7, 11) is 0. The SMILES string of the molecule is Cc1nc2c(c3c1[nH]c1ccc(F)cc13)C(=O)CC(C)(C)C2.Cc1nc2c(c3c1[nH]c1ccccc13)C(=O)CC(C)(C)C2. The fourth-order valence-corrected chi connectivity index (χ4v) is 7.22. The van der Waals surface area contributed by atoms with E-state index < -0.39 is 0 Å². The Morgan fingerprint density at radius 1 is 0.674 bits per heavy atom. The van der Waals surface area contributed by atoms with Crippen molar-refractivity contribution in [1.82, 2.24) is 19.9 Å². The molecule has 2 aromatic carbocycles. The van der Waals surface area contributed by atoms with Crippen molar-refractivity contribution < 1.29 is 14.0 Å². The van der Waals surface area contributed by atoms with E-state index >= 15 is 0 Å². The van der Waals surface area contributed by atoms with E-state index in [1.165, 1.54) is 12.1 Å². The number of nitrogens with zero attached hydrogens (tertiary/aromatic N) is 2. The van der Waals surface area contributed by atoms with Gasteiger partial charge in [0.1, 0.15) is 5.82 Å². The fourth-order valence-electron chi connectivity index (χ4n) is 7.22. The van der Waals surface area contributed by atoms with Gasteiger partial charge in [-0.3, -0.25) is 19.6 Å². The number of halogens is 1. The van der Waals surface area contributed by atoms with E-state index in [4.69, 9.17) is 4.98 Å². The number of hydrogen-bond donors (Lipinski definition) is 2. The zero-order valence-electron chi connectivity index (χ0n) is 25.5. The zero-order chi connectivity index (χ0) is 30.4. The lowest BCUT2D eigenvalue weighted by Gasteiger charge is -2.30. The Hall–Kier alpha value is -4.39. The largest absolute Gasteiger partial charge is 0.353 e. The molecule has 0 spiro atoms. The summed E-state index contributed by atoms with van der Waals surface area (Å²) in [4.78, 5) is 41.5. The summed E-state index contributed by atoms with van der Waals surface area (Å²) in [5.74, 6) is 0.0395. The molecule has 0 unspecified atom stereocenters. The van der Waals surface area contributed by atoms with Gasteiger partial charge in [0.25, 0.3) is 0 Å². The predicted octanol–water partition coefficient (Wildman–Crippen LogP) is 8.50. The van der Waals surface area contributed by atoms with Crippen molar-refractivity contribution >= 4 is 55.2 Å². The minimum atomic E-state index is -0.291. The molecule has 43 heavy (non-hydrogen) atoms. The van der Waals surface area contributed by atoms with Gasteiger partial charge in [0, 0.05) is 56.5 Å². The highest BCUT2D eigenvalue weighted by molar-refractivity contribution is 6.20. The summed E-state index contributed by atoms with van der Waals surface area (Å²) in [5, 5.41) is 3.79. The Balaban J connectivity index is 0.000000140. The predicted molar refractivity (Wildman–Crippen MR) is 169 cm³/mol. The molecule has 2 aliphatic carbocycles. The van der Waals surface area contributed by atoms with E-state index in [9.17, 15) is 14.0 Å². The Kier molecular flexibility index (Phi) is 5.94. The van der Waals surface area contributed by atoms with E-state index in [1.807, 2.05) is 26.0 Å². The standard InChI is InChI=1S/C18H17FN2O.C18H18N2O/c1-9-17-15(11-6-10(19)4-5-12(11)21-17)16-13(20-9)7-18(2,3)8-14(16)22;1-10-17-15(11-6-4-5-7-12(11)20-17)16-13(19-10)8-18(2,3)9-14(16)21/h4-6,21H,7-8H2,1-3H3;4-7,20H,8-9H2,1-3H3. The smallest absolute Gasteiger partial charge is 0.165 e. The molecule has 0 saturated carbocycles. The van der Waals surface area contributed by atoms with E-state index in [-0.39, 0.29) is 28.2 Å². The highest BCUT2D eigenvalue weighted by atomic mass is 19.1. The van der Waals surface area contributed by atoms with Crippen LogP contribution in [-0.4, -0.2) is 31.5 Å². The van der Waals surface area contributed by atoms with Crippen LogP contribution in [0, 0.1) is 30.5 Å². The van der Waals surface area contributed by atoms with Crippen molar-refractivity contribution in [2.24, 2.45) is 10.8 Å². The molecule has 4 aromatic heterocycles. The first-order valence-corrected chi connectivity index (χ1v) is 14.9. The lowest BCUT2D eigenvalue weighted by Crippen LogP contribution is -2.28. The maximum Gasteiger partial charge on any atom is 0.165 e. The first-order chi connectivity index (χ1) is 20.3. The minimum absolute atomic E-state index is 0.00328. The van der Waals surface area contributed by atoms with Crippen molar-refractivity contribution in [3.8, 4) is 0 Å². The van der Waals surface area contributed by atoms with Gasteiger partial charge >= 0.3 is 0 Å².